The molecular formula is C14H26N2O5. The van der Waals surface area contributed by atoms with Gasteiger partial charge in [-0.2, -0.15) is 0 Å². The molecule has 122 valence electrons. The molecule has 7 nitrogen and oxygen atoms in total. The van der Waals surface area contributed by atoms with E-state index in [4.69, 9.17) is 9.47 Å². The topological polar surface area (TPSA) is 84.9 Å². The van der Waals surface area contributed by atoms with E-state index in [2.05, 4.69) is 5.32 Å². The standard InChI is InChI=1S/C14H26N2O5/c1-4-16(11-14(19)21-6-3)10-12(17)15-9-7-8-13(18)20-5-2/h4-11H2,1-3H3,(H,15,17). The van der Waals surface area contributed by atoms with Crippen molar-refractivity contribution >= 4 is 17.8 Å². The predicted molar refractivity (Wildman–Crippen MR) is 77.6 cm³/mol. The molecule has 0 aromatic carbocycles. The zero-order valence-electron chi connectivity index (χ0n) is 13.1. The third-order valence-corrected chi connectivity index (χ3v) is 2.66. The molecule has 0 bridgehead atoms. The second-order valence-electron chi connectivity index (χ2n) is 4.37. The van der Waals surface area contributed by atoms with Gasteiger partial charge in [-0.15, -0.1) is 0 Å². The summed E-state index contributed by atoms with van der Waals surface area (Å²) in [5.41, 5.74) is 0. The Morgan fingerprint density at radius 3 is 2.14 bits per heavy atom. The predicted octanol–water partition coefficient (Wildman–Crippen LogP) is 0.331. The lowest BCUT2D eigenvalue weighted by Gasteiger charge is -2.18. The number of hydrogen-bond donors (Lipinski definition) is 1. The molecule has 0 aliphatic rings. The van der Waals surface area contributed by atoms with Gasteiger partial charge in [0.25, 0.3) is 0 Å². The van der Waals surface area contributed by atoms with Gasteiger partial charge in [0.2, 0.25) is 5.91 Å². The van der Waals surface area contributed by atoms with Crippen LogP contribution in [0.25, 0.3) is 0 Å². The highest BCUT2D eigenvalue weighted by Gasteiger charge is 2.13. The molecule has 0 fully saturated rings. The number of carbonyl (C=O) groups excluding carboxylic acids is 3. The average Bonchev–Trinajstić information content (AvgIpc) is 2.43. The van der Waals surface area contributed by atoms with Crippen molar-refractivity contribution in [2.45, 2.75) is 33.6 Å². The van der Waals surface area contributed by atoms with E-state index >= 15 is 0 Å². The van der Waals surface area contributed by atoms with Gasteiger partial charge < -0.3 is 14.8 Å². The van der Waals surface area contributed by atoms with Crippen LogP contribution in [-0.4, -0.2) is 62.1 Å². The SMILES string of the molecule is CCOC(=O)CCCNC(=O)CN(CC)CC(=O)OCC. The Morgan fingerprint density at radius 1 is 0.952 bits per heavy atom. The number of likely N-dealkylation sites (N-methyl/N-ethyl adjacent to an activating group) is 1. The minimum atomic E-state index is -0.338. The molecule has 0 aliphatic heterocycles. The first kappa shape index (κ1) is 19.4. The highest BCUT2D eigenvalue weighted by Crippen LogP contribution is 1.93. The Bertz CT molecular complexity index is 333. The molecule has 0 unspecified atom stereocenters. The molecule has 0 saturated carbocycles. The van der Waals surface area contributed by atoms with Gasteiger partial charge in [-0.25, -0.2) is 0 Å². The second kappa shape index (κ2) is 12.1. The number of hydrogen-bond acceptors (Lipinski definition) is 6. The van der Waals surface area contributed by atoms with Crippen molar-refractivity contribution in [3.05, 3.63) is 0 Å². The van der Waals surface area contributed by atoms with E-state index in [0.717, 1.165) is 0 Å². The van der Waals surface area contributed by atoms with Crippen LogP contribution >= 0.6 is 0 Å². The molecule has 1 amide bonds. The molecule has 21 heavy (non-hydrogen) atoms. The van der Waals surface area contributed by atoms with Crippen LogP contribution in [0, 0.1) is 0 Å². The Kier molecular flexibility index (Phi) is 11.2. The molecule has 0 spiro atoms. The summed E-state index contributed by atoms with van der Waals surface area (Å²) in [6.45, 7) is 7.28. The third-order valence-electron chi connectivity index (χ3n) is 2.66. The van der Waals surface area contributed by atoms with Gasteiger partial charge in [0.15, 0.2) is 0 Å². The molecule has 0 radical (unpaired) electrons. The lowest BCUT2D eigenvalue weighted by Crippen LogP contribution is -2.40. The van der Waals surface area contributed by atoms with Crippen LogP contribution < -0.4 is 5.32 Å². The van der Waals surface area contributed by atoms with Gasteiger partial charge >= 0.3 is 11.9 Å². The number of esters is 2. The van der Waals surface area contributed by atoms with Crippen LogP contribution in [0.1, 0.15) is 33.6 Å². The second-order valence-corrected chi connectivity index (χ2v) is 4.37. The fourth-order valence-corrected chi connectivity index (χ4v) is 1.62. The summed E-state index contributed by atoms with van der Waals surface area (Å²) in [5, 5.41) is 2.71. The maximum absolute atomic E-state index is 11.7. The number of nitrogens with zero attached hydrogens (tertiary/aromatic N) is 1. The first-order chi connectivity index (χ1) is 10.0. The van der Waals surface area contributed by atoms with Crippen molar-refractivity contribution in [1.29, 1.82) is 0 Å². The molecule has 0 rings (SSSR count). The number of amides is 1. The van der Waals surface area contributed by atoms with Crippen LogP contribution in [0.2, 0.25) is 0 Å². The van der Waals surface area contributed by atoms with E-state index in [1.807, 2.05) is 6.92 Å². The van der Waals surface area contributed by atoms with Crippen LogP contribution in [-0.2, 0) is 23.9 Å². The Hall–Kier alpha value is -1.63. The van der Waals surface area contributed by atoms with E-state index < -0.39 is 0 Å². The van der Waals surface area contributed by atoms with Gasteiger partial charge in [0, 0.05) is 13.0 Å². The maximum atomic E-state index is 11.7. The summed E-state index contributed by atoms with van der Waals surface area (Å²) >= 11 is 0. The first-order valence-corrected chi connectivity index (χ1v) is 7.33. The highest BCUT2D eigenvalue weighted by molar-refractivity contribution is 5.79. The summed E-state index contributed by atoms with van der Waals surface area (Å²) in [4.78, 5) is 35.8. The van der Waals surface area contributed by atoms with E-state index in [-0.39, 0.29) is 37.4 Å². The van der Waals surface area contributed by atoms with Gasteiger partial charge in [-0.05, 0) is 26.8 Å². The normalized spacial score (nSPS) is 10.3. The Balaban J connectivity index is 3.84. The Morgan fingerprint density at radius 2 is 1.57 bits per heavy atom. The zero-order chi connectivity index (χ0) is 16.1. The summed E-state index contributed by atoms with van der Waals surface area (Å²) < 4.78 is 9.63. The van der Waals surface area contributed by atoms with Crippen molar-refractivity contribution in [2.24, 2.45) is 0 Å². The van der Waals surface area contributed by atoms with Gasteiger partial charge in [0.05, 0.1) is 26.3 Å². The van der Waals surface area contributed by atoms with Crippen LogP contribution in [0.15, 0.2) is 0 Å². The first-order valence-electron chi connectivity index (χ1n) is 7.33. The van der Waals surface area contributed by atoms with Crippen molar-refractivity contribution in [1.82, 2.24) is 10.2 Å². The molecular weight excluding hydrogens is 276 g/mol. The third kappa shape index (κ3) is 10.8. The van der Waals surface area contributed by atoms with Crippen molar-refractivity contribution in [3.8, 4) is 0 Å². The van der Waals surface area contributed by atoms with Crippen LogP contribution in [0.3, 0.4) is 0 Å². The number of carbonyl (C=O) groups is 3. The Labute approximate surface area is 126 Å². The fraction of sp³-hybridized carbons (Fsp3) is 0.786. The molecule has 1 N–H and O–H groups in total. The van der Waals surface area contributed by atoms with E-state index in [1.165, 1.54) is 0 Å². The summed E-state index contributed by atoms with van der Waals surface area (Å²) in [5.74, 6) is -0.774. The molecule has 0 aromatic heterocycles. The number of ether oxygens (including phenoxy) is 2. The van der Waals surface area contributed by atoms with Gasteiger partial charge in [-0.1, -0.05) is 6.92 Å². The molecule has 7 heteroatoms. The molecule has 0 heterocycles. The molecule has 0 aliphatic carbocycles. The summed E-state index contributed by atoms with van der Waals surface area (Å²) in [6, 6.07) is 0. The molecule has 0 aromatic rings. The maximum Gasteiger partial charge on any atom is 0.320 e. The molecule has 0 saturated heterocycles. The van der Waals surface area contributed by atoms with Gasteiger partial charge in [-0.3, -0.25) is 19.3 Å². The quantitative estimate of drug-likeness (QED) is 0.437. The minimum Gasteiger partial charge on any atom is -0.466 e. The van der Waals surface area contributed by atoms with Gasteiger partial charge in [0.1, 0.15) is 0 Å². The summed E-state index contributed by atoms with van der Waals surface area (Å²) in [6.07, 6.45) is 0.822. The smallest absolute Gasteiger partial charge is 0.320 e. The number of nitrogens with one attached hydrogen (secondary N) is 1. The van der Waals surface area contributed by atoms with E-state index in [0.29, 0.717) is 32.7 Å². The lowest BCUT2D eigenvalue weighted by molar-refractivity contribution is -0.145. The average molecular weight is 302 g/mol. The highest BCUT2D eigenvalue weighted by atomic mass is 16.5. The van der Waals surface area contributed by atoms with E-state index in [1.54, 1.807) is 18.7 Å². The fourth-order valence-electron chi connectivity index (χ4n) is 1.62. The summed E-state index contributed by atoms with van der Waals surface area (Å²) in [7, 11) is 0. The molecule has 0 atom stereocenters. The largest absolute Gasteiger partial charge is 0.466 e. The lowest BCUT2D eigenvalue weighted by atomic mass is 10.3. The minimum absolute atomic E-state index is 0.0978. The van der Waals surface area contributed by atoms with Crippen molar-refractivity contribution in [2.75, 3.05) is 39.4 Å². The number of rotatable bonds is 11. The van der Waals surface area contributed by atoms with Crippen LogP contribution in [0.5, 0.6) is 0 Å². The monoisotopic (exact) mass is 302 g/mol. The van der Waals surface area contributed by atoms with E-state index in [9.17, 15) is 14.4 Å². The zero-order valence-corrected chi connectivity index (χ0v) is 13.1. The van der Waals surface area contributed by atoms with Crippen LogP contribution in [0.4, 0.5) is 0 Å². The van der Waals surface area contributed by atoms with Crippen molar-refractivity contribution in [3.63, 3.8) is 0 Å². The van der Waals surface area contributed by atoms with Crippen molar-refractivity contribution < 1.29 is 23.9 Å².